The monoisotopic (exact) mass is 536 g/mol. The fourth-order valence-electron chi connectivity index (χ4n) is 4.51. The highest BCUT2D eigenvalue weighted by Crippen LogP contribution is 2.31. The summed E-state index contributed by atoms with van der Waals surface area (Å²) < 4.78 is 8.64. The van der Waals surface area contributed by atoms with E-state index in [4.69, 9.17) is 4.74 Å². The Bertz CT molecular complexity index is 1460. The van der Waals surface area contributed by atoms with Crippen molar-refractivity contribution in [2.75, 3.05) is 37.4 Å². The molecule has 1 aliphatic rings. The van der Waals surface area contributed by atoms with Crippen molar-refractivity contribution in [3.05, 3.63) is 48.3 Å². The maximum Gasteiger partial charge on any atom is 0.260 e. The number of aryl methyl sites for hydroxylation is 1. The van der Waals surface area contributed by atoms with Crippen LogP contribution in [0.2, 0.25) is 0 Å². The molecule has 12 heteroatoms. The number of anilines is 2. The molecule has 0 bridgehead atoms. The molecule has 5 rings (SSSR count). The molecule has 1 saturated heterocycles. The van der Waals surface area contributed by atoms with E-state index in [-0.39, 0.29) is 17.7 Å². The molecule has 0 saturated carbocycles. The summed E-state index contributed by atoms with van der Waals surface area (Å²) in [4.78, 5) is 34.5. The summed E-state index contributed by atoms with van der Waals surface area (Å²) in [5, 5.41) is 14.7. The number of hydrogen-bond donors (Lipinski definition) is 2. The fraction of sp³-hybridized carbons (Fsp3) is 0.423. The van der Waals surface area contributed by atoms with Gasteiger partial charge in [-0.05, 0) is 39.8 Å². The van der Waals surface area contributed by atoms with Crippen molar-refractivity contribution >= 4 is 39.4 Å². The molecular formula is C26H32N8O3S. The lowest BCUT2D eigenvalue weighted by Crippen LogP contribution is -2.31. The molecule has 2 N–H and O–H groups in total. The van der Waals surface area contributed by atoms with Gasteiger partial charge in [-0.3, -0.25) is 19.3 Å². The van der Waals surface area contributed by atoms with Crippen LogP contribution >= 0.6 is 11.3 Å². The quantitative estimate of drug-likeness (QED) is 0.336. The summed E-state index contributed by atoms with van der Waals surface area (Å²) in [7, 11) is 1.66. The summed E-state index contributed by atoms with van der Waals surface area (Å²) in [5.74, 6) is -0.371. The Morgan fingerprint density at radius 2 is 2.03 bits per heavy atom. The first-order chi connectivity index (χ1) is 18.3. The van der Waals surface area contributed by atoms with E-state index in [1.54, 1.807) is 36.3 Å². The minimum absolute atomic E-state index is 0.0221. The first kappa shape index (κ1) is 26.0. The summed E-state index contributed by atoms with van der Waals surface area (Å²) in [5.41, 5.74) is 3.16. The Morgan fingerprint density at radius 1 is 1.18 bits per heavy atom. The van der Waals surface area contributed by atoms with Gasteiger partial charge >= 0.3 is 0 Å². The highest BCUT2D eigenvalue weighted by molar-refractivity contribution is 7.21. The van der Waals surface area contributed by atoms with E-state index in [0.29, 0.717) is 41.8 Å². The molecule has 1 unspecified atom stereocenters. The van der Waals surface area contributed by atoms with Gasteiger partial charge in [-0.2, -0.15) is 10.2 Å². The van der Waals surface area contributed by atoms with Gasteiger partial charge in [-0.1, -0.05) is 0 Å². The lowest BCUT2D eigenvalue weighted by molar-refractivity contribution is -0.119. The predicted octanol–water partition coefficient (Wildman–Crippen LogP) is 3.53. The van der Waals surface area contributed by atoms with Gasteiger partial charge in [0.05, 0.1) is 65.2 Å². The highest BCUT2D eigenvalue weighted by atomic mass is 32.1. The maximum atomic E-state index is 13.2. The van der Waals surface area contributed by atoms with E-state index in [9.17, 15) is 9.59 Å². The van der Waals surface area contributed by atoms with Crippen LogP contribution in [0.3, 0.4) is 0 Å². The number of likely N-dealkylation sites (tertiary alicyclic amines) is 1. The average Bonchev–Trinajstić information content (AvgIpc) is 3.68. The number of ether oxygens (including phenoxy) is 1. The minimum atomic E-state index is -0.291. The second-order valence-electron chi connectivity index (χ2n) is 9.76. The van der Waals surface area contributed by atoms with Gasteiger partial charge < -0.3 is 20.3 Å². The topological polar surface area (TPSA) is 119 Å². The molecule has 0 spiro atoms. The Kier molecular flexibility index (Phi) is 7.54. The molecule has 0 aliphatic carbocycles. The zero-order chi connectivity index (χ0) is 26.8. The number of pyridine rings is 1. The third-order valence-corrected chi connectivity index (χ3v) is 7.97. The van der Waals surface area contributed by atoms with Gasteiger partial charge in [-0.15, -0.1) is 11.3 Å². The number of hydrogen-bond acceptors (Lipinski definition) is 8. The van der Waals surface area contributed by atoms with Crippen LogP contribution in [-0.2, 0) is 16.1 Å². The Balaban J connectivity index is 1.28. The molecule has 1 aliphatic heterocycles. The summed E-state index contributed by atoms with van der Waals surface area (Å²) in [6, 6.07) is 2.17. The second kappa shape index (κ2) is 11.0. The van der Waals surface area contributed by atoms with Crippen LogP contribution in [0.25, 0.3) is 15.3 Å². The number of fused-ring (bicyclic) bond motifs is 1. The van der Waals surface area contributed by atoms with E-state index < -0.39 is 0 Å². The van der Waals surface area contributed by atoms with E-state index in [1.807, 2.05) is 24.0 Å². The molecule has 4 aromatic heterocycles. The Labute approximate surface area is 224 Å². The number of methoxy groups -OCH3 is 1. The van der Waals surface area contributed by atoms with Crippen molar-refractivity contribution < 1.29 is 14.3 Å². The lowest BCUT2D eigenvalue weighted by Gasteiger charge is -2.20. The van der Waals surface area contributed by atoms with Crippen molar-refractivity contribution in [3.63, 3.8) is 0 Å². The standard InChI is InChI=1S/C26H32N8O3S/c1-16(2)32-6-5-18(13-32)24(35)30-20-9-22(17(3)27-11-20)31-25(36)21-12-29-34-15-23(38-26(21)34)19-10-28-33(14-19)7-8-37-4/h9-12,14-16,18H,5-8,13H2,1-4H3,(H,30,35)(H,31,36). The Morgan fingerprint density at radius 3 is 2.79 bits per heavy atom. The SMILES string of the molecule is COCCn1cc(-c2cn3ncc(C(=O)Nc4cc(NC(=O)C5CCN(C(C)C)C5)cnc4C)c3s2)cn1. The number of aromatic nitrogens is 5. The number of nitrogens with one attached hydrogen (secondary N) is 2. The Hall–Kier alpha value is -3.61. The zero-order valence-electron chi connectivity index (χ0n) is 22.0. The molecule has 5 heterocycles. The third kappa shape index (κ3) is 5.47. The zero-order valence-corrected chi connectivity index (χ0v) is 22.8. The molecule has 38 heavy (non-hydrogen) atoms. The highest BCUT2D eigenvalue weighted by Gasteiger charge is 2.29. The van der Waals surface area contributed by atoms with E-state index in [0.717, 1.165) is 34.8 Å². The molecule has 4 aromatic rings. The van der Waals surface area contributed by atoms with Crippen molar-refractivity contribution in [3.8, 4) is 10.4 Å². The molecule has 2 amide bonds. The molecule has 200 valence electrons. The van der Waals surface area contributed by atoms with Crippen LogP contribution < -0.4 is 10.6 Å². The van der Waals surface area contributed by atoms with Gasteiger partial charge in [-0.25, -0.2) is 4.52 Å². The van der Waals surface area contributed by atoms with Crippen molar-refractivity contribution in [1.29, 1.82) is 0 Å². The van der Waals surface area contributed by atoms with Gasteiger partial charge in [0.1, 0.15) is 4.83 Å². The smallest absolute Gasteiger partial charge is 0.260 e. The van der Waals surface area contributed by atoms with Gasteiger partial charge in [0.25, 0.3) is 5.91 Å². The number of nitrogens with zero attached hydrogens (tertiary/aromatic N) is 6. The number of rotatable bonds is 9. The van der Waals surface area contributed by atoms with Gasteiger partial charge in [0.15, 0.2) is 0 Å². The lowest BCUT2D eigenvalue weighted by atomic mass is 10.1. The van der Waals surface area contributed by atoms with Crippen molar-refractivity contribution in [2.24, 2.45) is 5.92 Å². The van der Waals surface area contributed by atoms with Crippen LogP contribution in [0, 0.1) is 12.8 Å². The third-order valence-electron chi connectivity index (χ3n) is 6.81. The van der Waals surface area contributed by atoms with E-state index >= 15 is 0 Å². The number of thiazole rings is 1. The van der Waals surface area contributed by atoms with Gasteiger partial charge in [0, 0.05) is 37.7 Å². The fourth-order valence-corrected chi connectivity index (χ4v) is 5.54. The summed E-state index contributed by atoms with van der Waals surface area (Å²) in [6.07, 6.45) is 9.64. The van der Waals surface area contributed by atoms with E-state index in [1.165, 1.54) is 11.3 Å². The van der Waals surface area contributed by atoms with Gasteiger partial charge in [0.2, 0.25) is 5.91 Å². The summed E-state index contributed by atoms with van der Waals surface area (Å²) in [6.45, 7) is 9.01. The maximum absolute atomic E-state index is 13.2. The van der Waals surface area contributed by atoms with Crippen LogP contribution in [0.5, 0.6) is 0 Å². The van der Waals surface area contributed by atoms with Crippen LogP contribution in [0.4, 0.5) is 11.4 Å². The van der Waals surface area contributed by atoms with E-state index in [2.05, 4.69) is 44.6 Å². The molecule has 0 aromatic carbocycles. The largest absolute Gasteiger partial charge is 0.383 e. The first-order valence-electron chi connectivity index (χ1n) is 12.6. The van der Waals surface area contributed by atoms with Crippen molar-refractivity contribution in [1.82, 2.24) is 29.3 Å². The van der Waals surface area contributed by atoms with Crippen LogP contribution in [0.15, 0.2) is 37.1 Å². The molecule has 11 nitrogen and oxygen atoms in total. The molecular weight excluding hydrogens is 504 g/mol. The second-order valence-corrected chi connectivity index (χ2v) is 10.8. The molecule has 1 atom stereocenters. The van der Waals surface area contributed by atoms with Crippen LogP contribution in [-0.4, -0.2) is 73.9 Å². The van der Waals surface area contributed by atoms with Crippen LogP contribution in [0.1, 0.15) is 36.3 Å². The molecule has 0 radical (unpaired) electrons. The number of carbonyl (C=O) groups is 2. The predicted molar refractivity (Wildman–Crippen MR) is 147 cm³/mol. The number of amides is 2. The number of carbonyl (C=O) groups excluding carboxylic acids is 2. The average molecular weight is 537 g/mol. The minimum Gasteiger partial charge on any atom is -0.383 e. The van der Waals surface area contributed by atoms with Crippen molar-refractivity contribution in [2.45, 2.75) is 39.8 Å². The molecule has 1 fully saturated rings. The summed E-state index contributed by atoms with van der Waals surface area (Å²) >= 11 is 1.47. The first-order valence-corrected chi connectivity index (χ1v) is 13.5. The normalized spacial score (nSPS) is 16.0.